The van der Waals surface area contributed by atoms with Crippen molar-refractivity contribution < 1.29 is 13.9 Å². The smallest absolute Gasteiger partial charge is 0.142 e. The number of halogens is 3. The van der Waals surface area contributed by atoms with Crippen molar-refractivity contribution in [3.05, 3.63) is 209 Å². The normalized spacial score (nSPS) is 31.9. The maximum absolute atomic E-state index is 13.6. The van der Waals surface area contributed by atoms with Crippen molar-refractivity contribution in [2.24, 2.45) is 94.7 Å². The predicted molar refractivity (Wildman–Crippen MR) is 557 cm³/mol. The third kappa shape index (κ3) is 23.2. The highest BCUT2D eigenvalue weighted by Crippen LogP contribution is 2.51. The third-order valence-electron chi connectivity index (χ3n) is 35.8. The molecule has 0 N–H and O–H groups in total. The molecule has 14 fully saturated rings. The van der Waals surface area contributed by atoms with Crippen LogP contribution in [0.25, 0.3) is 0 Å². The van der Waals surface area contributed by atoms with Gasteiger partial charge >= 0.3 is 0 Å². The van der Waals surface area contributed by atoms with Crippen molar-refractivity contribution in [3.63, 3.8) is 0 Å². The summed E-state index contributed by atoms with van der Waals surface area (Å²) in [7, 11) is 3.39. The van der Waals surface area contributed by atoms with Crippen molar-refractivity contribution in [2.75, 3.05) is 227 Å². The molecule has 6 aliphatic heterocycles. The Morgan fingerprint density at radius 1 is 0.383 bits per heavy atom. The number of anilines is 6. The molecular formula is C115H159Cl2FN12O2S. The quantitative estimate of drug-likeness (QED) is 0.0538. The van der Waals surface area contributed by atoms with Crippen molar-refractivity contribution in [1.29, 1.82) is 0 Å². The Morgan fingerprint density at radius 2 is 0.865 bits per heavy atom. The Kier molecular flexibility index (Phi) is 32.3. The van der Waals surface area contributed by atoms with Crippen molar-refractivity contribution in [3.8, 4) is 11.5 Å². The van der Waals surface area contributed by atoms with Crippen LogP contribution in [0.1, 0.15) is 141 Å². The molecule has 6 heterocycles. The molecule has 12 aliphatic carbocycles. The minimum atomic E-state index is -0.187. The van der Waals surface area contributed by atoms with E-state index in [4.69, 9.17) is 32.7 Å². The average Bonchev–Trinajstić information content (AvgIpc) is 1.72. The second-order valence-corrected chi connectivity index (χ2v) is 45.3. The number of nitrogens with zero attached hydrogens (tertiary/aromatic N) is 12. The molecule has 718 valence electrons. The van der Waals surface area contributed by atoms with E-state index in [9.17, 15) is 4.39 Å². The molecule has 10 bridgehead atoms. The number of piperazine rings is 6. The zero-order valence-electron chi connectivity index (χ0n) is 81.5. The van der Waals surface area contributed by atoms with Gasteiger partial charge in [0, 0.05) is 222 Å². The van der Waals surface area contributed by atoms with Gasteiger partial charge in [0.25, 0.3) is 0 Å². The zero-order chi connectivity index (χ0) is 90.8. The van der Waals surface area contributed by atoms with Gasteiger partial charge in [0.05, 0.1) is 42.0 Å². The van der Waals surface area contributed by atoms with Crippen molar-refractivity contribution in [2.45, 2.75) is 166 Å². The van der Waals surface area contributed by atoms with Gasteiger partial charge in [-0.1, -0.05) is 159 Å². The van der Waals surface area contributed by atoms with Crippen LogP contribution in [0, 0.1) is 107 Å². The maximum Gasteiger partial charge on any atom is 0.142 e. The van der Waals surface area contributed by atoms with Crippen LogP contribution in [0.15, 0.2) is 187 Å². The number of aryl methyl sites for hydroxylation is 2. The first-order chi connectivity index (χ1) is 65.1. The molecule has 0 amide bonds. The van der Waals surface area contributed by atoms with Gasteiger partial charge in [-0.15, -0.1) is 11.8 Å². The Labute approximate surface area is 814 Å². The van der Waals surface area contributed by atoms with Crippen LogP contribution < -0.4 is 38.9 Å². The number of rotatable bonds is 20. The van der Waals surface area contributed by atoms with E-state index in [0.29, 0.717) is 6.04 Å². The number of allylic oxidation sites excluding steroid dienone is 8. The largest absolute Gasteiger partial charge is 0.495 e. The number of hydrogen-bond donors (Lipinski definition) is 0. The van der Waals surface area contributed by atoms with Gasteiger partial charge in [-0.25, -0.2) is 4.39 Å². The van der Waals surface area contributed by atoms with Gasteiger partial charge < -0.3 is 38.9 Å². The zero-order valence-corrected chi connectivity index (χ0v) is 83.9. The molecule has 0 aromatic heterocycles. The lowest BCUT2D eigenvalue weighted by Crippen LogP contribution is -2.53. The lowest BCUT2D eigenvalue weighted by molar-refractivity contribution is 0.103. The van der Waals surface area contributed by atoms with Gasteiger partial charge in [0.1, 0.15) is 17.3 Å². The van der Waals surface area contributed by atoms with Crippen molar-refractivity contribution in [1.82, 2.24) is 29.4 Å². The summed E-state index contributed by atoms with van der Waals surface area (Å²) in [4.78, 5) is 32.6. The van der Waals surface area contributed by atoms with Crippen LogP contribution in [0.2, 0.25) is 10.0 Å². The number of thioether (sulfide) groups is 1. The molecule has 8 saturated carbocycles. The number of methoxy groups -OCH3 is 2. The second-order valence-electron chi connectivity index (χ2n) is 43.6. The summed E-state index contributed by atoms with van der Waals surface area (Å²) in [6.45, 7) is 38.5. The van der Waals surface area contributed by atoms with Crippen LogP contribution in [0.5, 0.6) is 11.5 Å². The van der Waals surface area contributed by atoms with Crippen LogP contribution in [0.3, 0.4) is 0 Å². The summed E-state index contributed by atoms with van der Waals surface area (Å²) in [5.74, 6) is 16.4. The van der Waals surface area contributed by atoms with Crippen molar-refractivity contribution >= 4 is 69.1 Å². The minimum Gasteiger partial charge on any atom is -0.495 e. The Hall–Kier alpha value is -6.70. The van der Waals surface area contributed by atoms with E-state index in [0.717, 1.165) is 205 Å². The highest BCUT2D eigenvalue weighted by Gasteiger charge is 2.45. The molecule has 6 aromatic carbocycles. The van der Waals surface area contributed by atoms with Gasteiger partial charge in [0.2, 0.25) is 0 Å². The number of ether oxygens (including phenoxy) is 2. The van der Waals surface area contributed by atoms with Gasteiger partial charge in [-0.2, -0.15) is 0 Å². The fourth-order valence-corrected chi connectivity index (χ4v) is 29.4. The molecule has 18 aliphatic rings. The first kappa shape index (κ1) is 95.2. The van der Waals surface area contributed by atoms with E-state index in [1.807, 2.05) is 42.1 Å². The van der Waals surface area contributed by atoms with E-state index in [2.05, 4.69) is 219 Å². The summed E-state index contributed by atoms with van der Waals surface area (Å²) in [6, 6.07) is 47.8. The Morgan fingerprint density at radius 3 is 1.40 bits per heavy atom. The fourth-order valence-electron chi connectivity index (χ4n) is 28.3. The fraction of sp³-hybridized carbons (Fsp3) is 0.617. The van der Waals surface area contributed by atoms with Crippen LogP contribution in [-0.4, -0.2) is 245 Å². The molecule has 18 heteroatoms. The lowest BCUT2D eigenvalue weighted by Gasteiger charge is -2.44. The average molecular weight is 1860 g/mol. The first-order valence-corrected chi connectivity index (χ1v) is 54.9. The standard InChI is InChI=1S/C20H27ClN2O.C20H28N2.C19H27FN2O.C19H26N2S.C19H26N2.C18H25ClN2/c1-14-12-23(19-11-17(21)6-8-20(19)24-2)10-9-22(14)13-16-4-3-15-5-7-18(15)16;1-2-17-5-3-4-6-20(17)22-11-9-21(10-12-22)15-19-14-16-7-8-18(19)13-16;1-23-19-7-5-16(20)13-18(19)22-10-8-21(9-11-22)17-6-3-14-2-4-15(17)12-14;1-22-19-5-3-2-4-18(19)21-10-8-20(9-11-21)14-17-13-15-6-7-16(17)12-15;1-15-4-2-3-5-19(15)21-10-8-20(9-11-21)14-18-13-16-6-7-17(18)12-16;19-17-3-1-2-4-18(17)21-9-7-20(8-10-21)16-12-14-5-6-15(11-14)13-16/h5-8,11,14-16,18H,3-4,9-10,12-13H2,1-2H3;3-8,16,18-19H,2,9-15H2,1H3;5,7,13-15,17H,2-4,6,8-12H2,1H3;2-7,15-17H,8-14H2,1H3;2-7,16-18H,8-14H2,1H3;1-4,14-16H,5-13H2. The van der Waals surface area contributed by atoms with E-state index in [1.165, 1.54) is 278 Å². The summed E-state index contributed by atoms with van der Waals surface area (Å²) >= 11 is 14.4. The predicted octanol–water partition coefficient (Wildman–Crippen LogP) is 22.3. The number of hydrogen-bond acceptors (Lipinski definition) is 15. The molecule has 6 saturated heterocycles. The lowest BCUT2D eigenvalue weighted by atomic mass is 9.80. The molecule has 18 unspecified atom stereocenters. The molecule has 6 aromatic rings. The molecule has 14 nitrogen and oxygen atoms in total. The summed E-state index contributed by atoms with van der Waals surface area (Å²) in [5, 5.41) is 1.66. The Bertz CT molecular complexity index is 4740. The molecule has 0 radical (unpaired) electrons. The van der Waals surface area contributed by atoms with E-state index in [-0.39, 0.29) is 5.82 Å². The molecule has 24 rings (SSSR count). The molecule has 18 atom stereocenters. The number of benzene rings is 6. The van der Waals surface area contributed by atoms with Crippen LogP contribution in [0.4, 0.5) is 38.5 Å². The van der Waals surface area contributed by atoms with E-state index >= 15 is 0 Å². The first-order valence-electron chi connectivity index (χ1n) is 53.0. The van der Waals surface area contributed by atoms with E-state index < -0.39 is 0 Å². The Balaban J connectivity index is 0.000000103. The minimum absolute atomic E-state index is 0.187. The molecule has 133 heavy (non-hydrogen) atoms. The SMILES string of the molecule is CCc1ccccc1N1CCN(CC2CC3C=CC2C3)CC1.COc1ccc(Cl)cc1N1CCN(CC2CCC3C=CC32)C(C)C1.COc1ccc(F)cc1N1CCN(C2CCC3CCC2C3)CC1.CSc1ccccc1N1CCN(CC2CC3C=CC2C3)CC1.Cc1ccccc1N1CCN(CC2CC3C=CC2C3)CC1.Clc1ccccc1N1CCN(C2CC3CCC(C3)C2)CC1. The summed E-state index contributed by atoms with van der Waals surface area (Å²) in [6.07, 6.45) is 49.1. The third-order valence-corrected chi connectivity index (χ3v) is 37.1. The topological polar surface area (TPSA) is 57.3 Å². The maximum atomic E-state index is 13.6. The summed E-state index contributed by atoms with van der Waals surface area (Å²) in [5.41, 5.74) is 10.5. The highest BCUT2D eigenvalue weighted by molar-refractivity contribution is 7.98. The van der Waals surface area contributed by atoms with Crippen LogP contribution >= 0.6 is 35.0 Å². The highest BCUT2D eigenvalue weighted by atomic mass is 35.5. The molecule has 0 spiro atoms. The van der Waals surface area contributed by atoms with Gasteiger partial charge in [-0.3, -0.25) is 29.4 Å². The van der Waals surface area contributed by atoms with E-state index in [1.54, 1.807) is 26.4 Å². The van der Waals surface area contributed by atoms with Gasteiger partial charge in [0.15, 0.2) is 0 Å². The number of para-hydroxylation sites is 4. The molecular weight excluding hydrogens is 1700 g/mol. The number of fused-ring (bicyclic) bond motifs is 11. The monoisotopic (exact) mass is 1860 g/mol. The summed E-state index contributed by atoms with van der Waals surface area (Å²) < 4.78 is 24.6. The second kappa shape index (κ2) is 45.0. The van der Waals surface area contributed by atoms with Gasteiger partial charge in [-0.05, 0) is 295 Å². The van der Waals surface area contributed by atoms with Crippen LogP contribution in [-0.2, 0) is 6.42 Å².